The number of nitrogens with zero attached hydrogens (tertiary/aromatic N) is 3. The maximum atomic E-state index is 12.8. The topological polar surface area (TPSA) is 48.6 Å². The first-order valence-corrected chi connectivity index (χ1v) is 8.71. The Hall–Kier alpha value is -1.93. The first-order chi connectivity index (χ1) is 12.6. The van der Waals surface area contributed by atoms with Crippen molar-refractivity contribution in [1.82, 2.24) is 9.78 Å². The van der Waals surface area contributed by atoms with Crippen molar-refractivity contribution in [3.63, 3.8) is 0 Å². The van der Waals surface area contributed by atoms with Gasteiger partial charge in [0.2, 0.25) is 5.88 Å². The first kappa shape index (κ1) is 21.4. The Morgan fingerprint density at radius 2 is 1.96 bits per heavy atom. The van der Waals surface area contributed by atoms with Gasteiger partial charge in [0, 0.05) is 23.7 Å². The van der Waals surface area contributed by atoms with Gasteiger partial charge in [-0.3, -0.25) is 0 Å². The molecular weight excluding hydrogens is 406 g/mol. The molecule has 0 N–H and O–H groups in total. The largest absolute Gasteiger partial charge is 0.471 e. The maximum Gasteiger partial charge on any atom is 0.435 e. The van der Waals surface area contributed by atoms with Crippen molar-refractivity contribution >= 4 is 28.9 Å². The molecule has 0 bridgehead atoms. The molecule has 0 fully saturated rings. The van der Waals surface area contributed by atoms with Gasteiger partial charge in [-0.25, -0.2) is 4.68 Å². The molecule has 148 valence electrons. The minimum absolute atomic E-state index is 0.0658. The molecule has 1 aromatic carbocycles. The van der Waals surface area contributed by atoms with Crippen LogP contribution in [0.1, 0.15) is 25.1 Å². The van der Waals surface area contributed by atoms with E-state index in [0.717, 1.165) is 10.7 Å². The molecular formula is C17H18Cl2F3N3O2. The zero-order valence-corrected chi connectivity index (χ0v) is 16.4. The maximum absolute atomic E-state index is 12.8. The minimum atomic E-state index is -4.56. The zero-order valence-electron chi connectivity index (χ0n) is 14.8. The van der Waals surface area contributed by atoms with Gasteiger partial charge in [-0.1, -0.05) is 42.2 Å². The van der Waals surface area contributed by atoms with Gasteiger partial charge in [-0.15, -0.1) is 0 Å². The van der Waals surface area contributed by atoms with Crippen LogP contribution in [-0.2, 0) is 18.1 Å². The summed E-state index contributed by atoms with van der Waals surface area (Å²) < 4.78 is 44.8. The third kappa shape index (κ3) is 6.04. The second-order valence-corrected chi connectivity index (χ2v) is 6.97. The summed E-state index contributed by atoms with van der Waals surface area (Å²) >= 11 is 12.1. The predicted molar refractivity (Wildman–Crippen MR) is 97.5 cm³/mol. The Labute approximate surface area is 164 Å². The molecule has 0 radical (unpaired) electrons. The van der Waals surface area contributed by atoms with E-state index in [4.69, 9.17) is 32.8 Å². The molecule has 0 spiro atoms. The van der Waals surface area contributed by atoms with Crippen molar-refractivity contribution in [3.05, 3.63) is 45.6 Å². The smallest absolute Gasteiger partial charge is 0.435 e. The molecule has 2 aromatic rings. The van der Waals surface area contributed by atoms with E-state index in [1.807, 2.05) is 13.8 Å². The average molecular weight is 424 g/mol. The summed E-state index contributed by atoms with van der Waals surface area (Å²) in [6.45, 7) is 4.10. The normalized spacial score (nSPS) is 12.6. The van der Waals surface area contributed by atoms with Crippen LogP contribution in [0.4, 0.5) is 13.2 Å². The lowest BCUT2D eigenvalue weighted by Crippen LogP contribution is -2.16. The molecule has 1 aromatic heterocycles. The van der Waals surface area contributed by atoms with Crippen molar-refractivity contribution in [3.8, 4) is 5.88 Å². The third-order valence-electron chi connectivity index (χ3n) is 3.31. The molecule has 1 heterocycles. The summed E-state index contributed by atoms with van der Waals surface area (Å²) in [6.07, 6.45) is -4.56. The highest BCUT2D eigenvalue weighted by molar-refractivity contribution is 6.37. The number of alkyl halides is 3. The first-order valence-electron chi connectivity index (χ1n) is 7.96. The van der Waals surface area contributed by atoms with E-state index in [1.54, 1.807) is 12.1 Å². The number of rotatable bonds is 7. The Balaban J connectivity index is 2.23. The molecule has 0 saturated carbocycles. The summed E-state index contributed by atoms with van der Waals surface area (Å²) in [5.41, 5.74) is -0.228. The fraction of sp³-hybridized carbons (Fsp3) is 0.412. The Bertz CT molecular complexity index is 820. The number of aryl methyl sites for hydroxylation is 1. The monoisotopic (exact) mass is 423 g/mol. The molecule has 0 saturated heterocycles. The van der Waals surface area contributed by atoms with Crippen molar-refractivity contribution in [2.75, 3.05) is 13.2 Å². The van der Waals surface area contributed by atoms with Gasteiger partial charge in [0.25, 0.3) is 0 Å². The molecule has 27 heavy (non-hydrogen) atoms. The van der Waals surface area contributed by atoms with Crippen LogP contribution in [0.5, 0.6) is 5.88 Å². The lowest BCUT2D eigenvalue weighted by molar-refractivity contribution is -0.141. The molecule has 0 atom stereocenters. The third-order valence-corrected chi connectivity index (χ3v) is 3.86. The van der Waals surface area contributed by atoms with Crippen LogP contribution in [0.25, 0.3) is 0 Å². The fourth-order valence-corrected chi connectivity index (χ4v) is 2.52. The zero-order chi connectivity index (χ0) is 20.2. The molecule has 0 aliphatic carbocycles. The number of halogens is 5. The standard InChI is InChI=1S/C17H18Cl2F3N3O2/c1-10(2)8-27-24-14(12-5-4-11(18)6-13(12)19)9-26-16-7-15(17(20,21)22)23-25(16)3/h4-7,10H,8-9H2,1-3H3/b24-14+. The van der Waals surface area contributed by atoms with E-state index in [9.17, 15) is 13.2 Å². The number of aromatic nitrogens is 2. The summed E-state index contributed by atoms with van der Waals surface area (Å²) in [6, 6.07) is 5.60. The molecule has 0 amide bonds. The van der Waals surface area contributed by atoms with Gasteiger partial charge < -0.3 is 9.57 Å². The quantitative estimate of drug-likeness (QED) is 0.454. The van der Waals surface area contributed by atoms with Crippen LogP contribution >= 0.6 is 23.2 Å². The Kier molecular flexibility index (Phi) is 7.00. The molecule has 5 nitrogen and oxygen atoms in total. The van der Waals surface area contributed by atoms with Gasteiger partial charge in [-0.05, 0) is 24.1 Å². The van der Waals surface area contributed by atoms with Crippen LogP contribution in [0.2, 0.25) is 10.0 Å². The van der Waals surface area contributed by atoms with Gasteiger partial charge in [0.05, 0.1) is 5.02 Å². The highest BCUT2D eigenvalue weighted by atomic mass is 35.5. The molecule has 0 aliphatic heterocycles. The van der Waals surface area contributed by atoms with Crippen LogP contribution < -0.4 is 4.74 Å². The highest BCUT2D eigenvalue weighted by Gasteiger charge is 2.35. The Morgan fingerprint density at radius 3 is 2.52 bits per heavy atom. The Morgan fingerprint density at radius 1 is 1.26 bits per heavy atom. The SMILES string of the molecule is CC(C)CO/N=C(\COc1cc(C(F)(F)F)nn1C)c1ccc(Cl)cc1Cl. The van der Waals surface area contributed by atoms with E-state index in [2.05, 4.69) is 10.3 Å². The van der Waals surface area contributed by atoms with Gasteiger partial charge >= 0.3 is 6.18 Å². The van der Waals surface area contributed by atoms with Gasteiger partial charge in [-0.2, -0.15) is 18.3 Å². The highest BCUT2D eigenvalue weighted by Crippen LogP contribution is 2.30. The van der Waals surface area contributed by atoms with Crippen molar-refractivity contribution < 1.29 is 22.7 Å². The summed E-state index contributed by atoms with van der Waals surface area (Å²) in [7, 11) is 1.35. The second kappa shape index (κ2) is 8.84. The number of oxime groups is 1. The molecule has 10 heteroatoms. The van der Waals surface area contributed by atoms with Crippen LogP contribution in [0.15, 0.2) is 29.4 Å². The summed E-state index contributed by atoms with van der Waals surface area (Å²) in [4.78, 5) is 5.29. The molecule has 0 unspecified atom stereocenters. The van der Waals surface area contributed by atoms with Crippen LogP contribution in [0, 0.1) is 5.92 Å². The predicted octanol–water partition coefficient (Wildman–Crippen LogP) is 5.20. The molecule has 2 rings (SSSR count). The van der Waals surface area contributed by atoms with E-state index < -0.39 is 11.9 Å². The van der Waals surface area contributed by atoms with Crippen molar-refractivity contribution in [2.24, 2.45) is 18.1 Å². The number of hydrogen-bond donors (Lipinski definition) is 0. The minimum Gasteiger partial charge on any atom is -0.471 e. The molecule has 0 aliphatic rings. The van der Waals surface area contributed by atoms with Crippen molar-refractivity contribution in [2.45, 2.75) is 20.0 Å². The number of ether oxygens (including phenoxy) is 1. The summed E-state index contributed by atoms with van der Waals surface area (Å²) in [5.74, 6) is 0.173. The fourth-order valence-electron chi connectivity index (χ4n) is 2.01. The van der Waals surface area contributed by atoms with Crippen LogP contribution in [0.3, 0.4) is 0 Å². The van der Waals surface area contributed by atoms with Gasteiger partial charge in [0.15, 0.2) is 5.69 Å². The van der Waals surface area contributed by atoms with E-state index >= 15 is 0 Å². The van der Waals surface area contributed by atoms with Gasteiger partial charge in [0.1, 0.15) is 18.9 Å². The average Bonchev–Trinajstić information content (AvgIpc) is 2.92. The second-order valence-electron chi connectivity index (χ2n) is 6.13. The van der Waals surface area contributed by atoms with E-state index in [0.29, 0.717) is 27.9 Å². The lowest BCUT2D eigenvalue weighted by atomic mass is 10.1. The van der Waals surface area contributed by atoms with Crippen LogP contribution in [-0.4, -0.2) is 28.7 Å². The lowest BCUT2D eigenvalue weighted by Gasteiger charge is -2.11. The van der Waals surface area contributed by atoms with E-state index in [-0.39, 0.29) is 18.4 Å². The van der Waals surface area contributed by atoms with Crippen molar-refractivity contribution in [1.29, 1.82) is 0 Å². The summed E-state index contributed by atoms with van der Waals surface area (Å²) in [5, 5.41) is 8.19. The number of benzene rings is 1. The number of hydrogen-bond acceptors (Lipinski definition) is 4. The van der Waals surface area contributed by atoms with E-state index in [1.165, 1.54) is 13.1 Å².